The predicted molar refractivity (Wildman–Crippen MR) is 196 cm³/mol. The number of fused-ring (bicyclic) bond motifs is 2. The molecule has 2 N–H and O–H groups in total. The van der Waals surface area contributed by atoms with Gasteiger partial charge in [-0.15, -0.1) is 0 Å². The van der Waals surface area contributed by atoms with Gasteiger partial charge in [-0.3, -0.25) is 14.6 Å². The van der Waals surface area contributed by atoms with Crippen molar-refractivity contribution in [3.63, 3.8) is 0 Å². The predicted octanol–water partition coefficient (Wildman–Crippen LogP) is 5.96. The lowest BCUT2D eigenvalue weighted by atomic mass is 10.0. The van der Waals surface area contributed by atoms with Gasteiger partial charge in [-0.25, -0.2) is 33.1 Å². The van der Waals surface area contributed by atoms with E-state index in [1.165, 1.54) is 12.1 Å². The Kier molecular flexibility index (Phi) is 9.60. The zero-order valence-electron chi connectivity index (χ0n) is 30.2. The third kappa shape index (κ3) is 7.10. The van der Waals surface area contributed by atoms with Crippen molar-refractivity contribution < 1.29 is 18.0 Å². The number of benzene rings is 2. The molecule has 3 aliphatic heterocycles. The second-order valence-corrected chi connectivity index (χ2v) is 14.6. The number of imidazole rings is 1. The van der Waals surface area contributed by atoms with Crippen LogP contribution in [0, 0.1) is 24.4 Å². The summed E-state index contributed by atoms with van der Waals surface area (Å²) in [6.45, 7) is 12.7. The number of nitrogens with one attached hydrogen (secondary N) is 2. The largest absolute Gasteiger partial charge is 0.330 e. The van der Waals surface area contributed by atoms with Crippen LogP contribution in [-0.4, -0.2) is 90.4 Å². The maximum Gasteiger partial charge on any atom is 0.257 e. The summed E-state index contributed by atoms with van der Waals surface area (Å²) in [4.78, 5) is 37.0. The minimum Gasteiger partial charge on any atom is -0.330 e. The number of rotatable bonds is 9. The van der Waals surface area contributed by atoms with Crippen LogP contribution >= 0.6 is 0 Å². The molecule has 8 rings (SSSR count). The highest BCUT2D eigenvalue weighted by atomic mass is 19.1. The monoisotopic (exact) mass is 724 g/mol. The first-order chi connectivity index (χ1) is 25.6. The molecule has 5 aromatic rings. The lowest BCUT2D eigenvalue weighted by molar-refractivity contribution is 0.0671. The molecule has 11 nitrogen and oxygen atoms in total. The van der Waals surface area contributed by atoms with Crippen molar-refractivity contribution in [1.82, 2.24) is 44.5 Å². The minimum absolute atomic E-state index is 0.0243. The SMILES string of the molecule is Cc1nc2c(F)cc(-c3nc(Nc4ccc(CN5CCN(Cc6cc(F)c7c(c6)CN(C6CCCNC6)C7=O)CC5)cn4)ncc3F)cc2n1C(C)C. The number of nitrogens with zero attached hydrogens (tertiary/aromatic N) is 8. The molecule has 0 aliphatic carbocycles. The first kappa shape index (κ1) is 35.1. The van der Waals surface area contributed by atoms with Gasteiger partial charge in [0.1, 0.15) is 28.7 Å². The quantitative estimate of drug-likeness (QED) is 0.190. The molecular weight excluding hydrogens is 681 g/mol. The van der Waals surface area contributed by atoms with Gasteiger partial charge in [0.15, 0.2) is 11.6 Å². The number of aryl methyl sites for hydroxylation is 1. The molecule has 53 heavy (non-hydrogen) atoms. The first-order valence-electron chi connectivity index (χ1n) is 18.3. The summed E-state index contributed by atoms with van der Waals surface area (Å²) in [5.41, 5.74) is 4.05. The van der Waals surface area contributed by atoms with E-state index in [0.29, 0.717) is 35.8 Å². The first-order valence-corrected chi connectivity index (χ1v) is 18.3. The van der Waals surface area contributed by atoms with Crippen molar-refractivity contribution in [1.29, 1.82) is 0 Å². The van der Waals surface area contributed by atoms with Crippen LogP contribution in [0.15, 0.2) is 48.8 Å². The van der Waals surface area contributed by atoms with E-state index in [1.807, 2.05) is 48.4 Å². The lowest BCUT2D eigenvalue weighted by Crippen LogP contribution is -2.46. The molecule has 0 bridgehead atoms. The standard InChI is InChI=1S/C39H43F3N10O/c1-23(2)52-24(3)46-37-31(41)15-27(16-33(37)52)36-32(42)19-45-39(48-36)47-34-7-6-25(17-44-34)20-49-9-11-50(12-10-49)21-26-13-28-22-51(29-5-4-8-43-18-29)38(53)35(28)30(40)14-26/h6-7,13-17,19,23,29,43H,4-5,8-12,18,20-22H2,1-3H3,(H,44,45,47,48). The van der Waals surface area contributed by atoms with Crippen LogP contribution in [-0.2, 0) is 19.6 Å². The highest BCUT2D eigenvalue weighted by Gasteiger charge is 2.36. The van der Waals surface area contributed by atoms with Crippen LogP contribution < -0.4 is 10.6 Å². The van der Waals surface area contributed by atoms with Gasteiger partial charge in [0.05, 0.1) is 17.3 Å². The van der Waals surface area contributed by atoms with Gasteiger partial charge in [0.2, 0.25) is 5.95 Å². The highest BCUT2D eigenvalue weighted by Crippen LogP contribution is 2.32. The fraction of sp³-hybridized carbons (Fsp3) is 0.410. The zero-order valence-corrected chi connectivity index (χ0v) is 30.2. The smallest absolute Gasteiger partial charge is 0.257 e. The number of pyridine rings is 1. The van der Waals surface area contributed by atoms with Gasteiger partial charge in [-0.2, -0.15) is 0 Å². The van der Waals surface area contributed by atoms with E-state index >= 15 is 8.78 Å². The maximum absolute atomic E-state index is 15.2. The van der Waals surface area contributed by atoms with Crippen LogP contribution in [0.5, 0.6) is 0 Å². The minimum atomic E-state index is -0.667. The van der Waals surface area contributed by atoms with E-state index in [1.54, 1.807) is 12.3 Å². The third-order valence-electron chi connectivity index (χ3n) is 10.6. The van der Waals surface area contributed by atoms with E-state index < -0.39 is 17.5 Å². The van der Waals surface area contributed by atoms with Gasteiger partial charge in [0, 0.05) is 76.2 Å². The fourth-order valence-corrected chi connectivity index (χ4v) is 7.99. The summed E-state index contributed by atoms with van der Waals surface area (Å²) in [6, 6.07) is 10.5. The number of aromatic nitrogens is 5. The van der Waals surface area contributed by atoms with Gasteiger partial charge >= 0.3 is 0 Å². The van der Waals surface area contributed by atoms with E-state index in [9.17, 15) is 9.18 Å². The molecule has 6 heterocycles. The molecule has 0 radical (unpaired) electrons. The molecular formula is C39H43F3N10O. The molecule has 276 valence electrons. The summed E-state index contributed by atoms with van der Waals surface area (Å²) < 4.78 is 47.2. The number of piperazine rings is 1. The van der Waals surface area contributed by atoms with E-state index in [0.717, 1.165) is 81.5 Å². The Hall–Kier alpha value is -4.92. The van der Waals surface area contributed by atoms with Crippen LogP contribution in [0.1, 0.15) is 65.6 Å². The number of hydrogen-bond donors (Lipinski definition) is 2. The lowest BCUT2D eigenvalue weighted by Gasteiger charge is -2.34. The van der Waals surface area contributed by atoms with E-state index in [2.05, 4.69) is 40.4 Å². The zero-order chi connectivity index (χ0) is 36.8. The van der Waals surface area contributed by atoms with Crippen molar-refractivity contribution in [2.24, 2.45) is 0 Å². The second kappa shape index (κ2) is 14.5. The molecule has 3 aliphatic rings. The molecule has 3 aromatic heterocycles. The molecule has 14 heteroatoms. The average Bonchev–Trinajstić information content (AvgIpc) is 3.67. The molecule has 1 amide bonds. The number of piperidine rings is 1. The van der Waals surface area contributed by atoms with Gasteiger partial charge in [0.25, 0.3) is 5.91 Å². The molecule has 0 saturated carbocycles. The maximum atomic E-state index is 15.2. The Morgan fingerprint density at radius 1 is 0.906 bits per heavy atom. The topological polar surface area (TPSA) is 107 Å². The molecule has 2 aromatic carbocycles. The normalized spacial score (nSPS) is 18.4. The third-order valence-corrected chi connectivity index (χ3v) is 10.6. The van der Waals surface area contributed by atoms with Crippen LogP contribution in [0.2, 0.25) is 0 Å². The Balaban J connectivity index is 0.867. The number of carbonyl (C=O) groups is 1. The van der Waals surface area contributed by atoms with Gasteiger partial charge in [-0.05, 0) is 81.1 Å². The Morgan fingerprint density at radius 2 is 1.68 bits per heavy atom. The van der Waals surface area contributed by atoms with Crippen LogP contribution in [0.25, 0.3) is 22.3 Å². The average molecular weight is 725 g/mol. The summed E-state index contributed by atoms with van der Waals surface area (Å²) in [5.74, 6) is -0.498. The summed E-state index contributed by atoms with van der Waals surface area (Å²) in [6.07, 6.45) is 4.83. The molecule has 2 fully saturated rings. The summed E-state index contributed by atoms with van der Waals surface area (Å²) in [5, 5.41) is 6.40. The summed E-state index contributed by atoms with van der Waals surface area (Å²) >= 11 is 0. The number of anilines is 2. The van der Waals surface area contributed by atoms with Crippen LogP contribution in [0.3, 0.4) is 0 Å². The Bertz CT molecular complexity index is 2160. The van der Waals surface area contributed by atoms with Crippen molar-refractivity contribution in [2.45, 2.75) is 65.3 Å². The molecule has 1 unspecified atom stereocenters. The Morgan fingerprint density at radius 3 is 2.38 bits per heavy atom. The number of amides is 1. The number of halogens is 3. The fourth-order valence-electron chi connectivity index (χ4n) is 7.99. The van der Waals surface area contributed by atoms with E-state index in [4.69, 9.17) is 0 Å². The van der Waals surface area contributed by atoms with E-state index in [-0.39, 0.29) is 40.7 Å². The highest BCUT2D eigenvalue weighted by molar-refractivity contribution is 5.99. The van der Waals surface area contributed by atoms with Gasteiger partial charge < -0.3 is 20.1 Å². The number of hydrogen-bond acceptors (Lipinski definition) is 9. The van der Waals surface area contributed by atoms with Crippen molar-refractivity contribution in [3.8, 4) is 11.3 Å². The second-order valence-electron chi connectivity index (χ2n) is 14.6. The van der Waals surface area contributed by atoms with Crippen molar-refractivity contribution >= 4 is 28.7 Å². The molecule has 0 spiro atoms. The summed E-state index contributed by atoms with van der Waals surface area (Å²) in [7, 11) is 0. The Labute approximate surface area is 306 Å². The van der Waals surface area contributed by atoms with Gasteiger partial charge in [-0.1, -0.05) is 12.1 Å². The number of carbonyl (C=O) groups excluding carboxylic acids is 1. The molecule has 2 saturated heterocycles. The van der Waals surface area contributed by atoms with Crippen molar-refractivity contribution in [2.75, 3.05) is 44.6 Å². The molecule has 1 atom stereocenters. The van der Waals surface area contributed by atoms with Crippen LogP contribution in [0.4, 0.5) is 24.9 Å². The van der Waals surface area contributed by atoms with Crippen molar-refractivity contribution in [3.05, 3.63) is 94.3 Å².